The summed E-state index contributed by atoms with van der Waals surface area (Å²) in [5.74, 6) is -0.115. The van der Waals surface area contributed by atoms with E-state index in [0.717, 1.165) is 35.0 Å². The van der Waals surface area contributed by atoms with E-state index in [-0.39, 0.29) is 5.91 Å². The smallest absolute Gasteiger partial charge is 0.258 e. The van der Waals surface area contributed by atoms with E-state index >= 15 is 0 Å². The number of aryl methyl sites for hydroxylation is 1. The van der Waals surface area contributed by atoms with Gasteiger partial charge in [0.05, 0.1) is 5.69 Å². The lowest BCUT2D eigenvalue weighted by Gasteiger charge is -2.20. The van der Waals surface area contributed by atoms with Gasteiger partial charge in [0, 0.05) is 34.7 Å². The molecule has 2 N–H and O–H groups in total. The number of aromatic amines is 1. The van der Waals surface area contributed by atoms with Crippen molar-refractivity contribution in [3.05, 3.63) is 35.3 Å². The van der Waals surface area contributed by atoms with Gasteiger partial charge in [-0.15, -0.1) is 11.3 Å². The standard InChI is InChI=1S/C18H19N3O2S/c1-11-4-5-14-12(8-11)13(9-19-14)15-10-24-17(20-15)21-16(22)18(2)6-3-7-23-18/h4-5,8-10,19H,3,6-7H2,1-2H3,(H,20,21,22)/t18-/m0/s1. The van der Waals surface area contributed by atoms with Crippen LogP contribution in [0.25, 0.3) is 22.2 Å². The van der Waals surface area contributed by atoms with E-state index in [9.17, 15) is 4.79 Å². The summed E-state index contributed by atoms with van der Waals surface area (Å²) in [6, 6.07) is 6.30. The highest BCUT2D eigenvalue weighted by molar-refractivity contribution is 7.14. The molecule has 5 nitrogen and oxygen atoms in total. The fraction of sp³-hybridized carbons (Fsp3) is 0.333. The molecule has 2 aromatic heterocycles. The van der Waals surface area contributed by atoms with Crippen LogP contribution in [0.2, 0.25) is 0 Å². The molecule has 3 heterocycles. The van der Waals surface area contributed by atoms with E-state index in [2.05, 4.69) is 40.4 Å². The Bertz CT molecular complexity index is 906. The van der Waals surface area contributed by atoms with Gasteiger partial charge in [0.2, 0.25) is 0 Å². The maximum absolute atomic E-state index is 12.4. The molecule has 1 aliphatic rings. The number of hydrogen-bond acceptors (Lipinski definition) is 4. The fourth-order valence-corrected chi connectivity index (χ4v) is 3.79. The fourth-order valence-electron chi connectivity index (χ4n) is 3.09. The lowest BCUT2D eigenvalue weighted by molar-refractivity contribution is -0.133. The molecule has 0 saturated carbocycles. The highest BCUT2D eigenvalue weighted by atomic mass is 32.1. The van der Waals surface area contributed by atoms with E-state index < -0.39 is 5.60 Å². The summed E-state index contributed by atoms with van der Waals surface area (Å²) in [6.07, 6.45) is 3.63. The molecule has 1 aromatic carbocycles. The zero-order chi connectivity index (χ0) is 16.7. The van der Waals surface area contributed by atoms with Crippen LogP contribution in [0.1, 0.15) is 25.3 Å². The number of fused-ring (bicyclic) bond motifs is 1. The normalized spacial score (nSPS) is 20.6. The van der Waals surface area contributed by atoms with Crippen molar-refractivity contribution in [3.8, 4) is 11.3 Å². The summed E-state index contributed by atoms with van der Waals surface area (Å²) in [5, 5.41) is 6.62. The first-order valence-corrected chi connectivity index (χ1v) is 8.92. The molecule has 0 bridgehead atoms. The minimum absolute atomic E-state index is 0.115. The molecule has 6 heteroatoms. The van der Waals surface area contributed by atoms with E-state index in [1.807, 2.05) is 18.5 Å². The van der Waals surface area contributed by atoms with Crippen molar-refractivity contribution in [1.29, 1.82) is 0 Å². The number of H-pyrrole nitrogens is 1. The Labute approximate surface area is 144 Å². The summed E-state index contributed by atoms with van der Waals surface area (Å²) in [5.41, 5.74) is 3.47. The first kappa shape index (κ1) is 15.4. The van der Waals surface area contributed by atoms with Crippen LogP contribution in [-0.2, 0) is 9.53 Å². The van der Waals surface area contributed by atoms with Crippen molar-refractivity contribution in [2.75, 3.05) is 11.9 Å². The van der Waals surface area contributed by atoms with Crippen LogP contribution in [0.15, 0.2) is 29.8 Å². The third-order valence-electron chi connectivity index (χ3n) is 4.54. The molecule has 124 valence electrons. The maximum atomic E-state index is 12.4. The number of thiazole rings is 1. The molecule has 1 atom stereocenters. The van der Waals surface area contributed by atoms with Crippen molar-refractivity contribution >= 4 is 33.3 Å². The van der Waals surface area contributed by atoms with Crippen LogP contribution in [-0.4, -0.2) is 28.1 Å². The molecular weight excluding hydrogens is 322 g/mol. The summed E-state index contributed by atoms with van der Waals surface area (Å²) in [6.45, 7) is 4.55. The molecule has 0 radical (unpaired) electrons. The monoisotopic (exact) mass is 341 g/mol. The van der Waals surface area contributed by atoms with Gasteiger partial charge < -0.3 is 9.72 Å². The van der Waals surface area contributed by atoms with Gasteiger partial charge in [-0.05, 0) is 38.8 Å². The van der Waals surface area contributed by atoms with Gasteiger partial charge in [0.1, 0.15) is 5.60 Å². The molecule has 0 unspecified atom stereocenters. The third kappa shape index (κ3) is 2.61. The van der Waals surface area contributed by atoms with Crippen molar-refractivity contribution in [2.45, 2.75) is 32.3 Å². The number of aromatic nitrogens is 2. The van der Waals surface area contributed by atoms with E-state index in [0.29, 0.717) is 11.7 Å². The minimum atomic E-state index is -0.732. The zero-order valence-corrected chi connectivity index (χ0v) is 14.5. The van der Waals surface area contributed by atoms with Crippen LogP contribution in [0, 0.1) is 6.92 Å². The Kier molecular flexibility index (Phi) is 3.66. The van der Waals surface area contributed by atoms with Gasteiger partial charge in [0.25, 0.3) is 5.91 Å². The lowest BCUT2D eigenvalue weighted by Crippen LogP contribution is -2.39. The van der Waals surface area contributed by atoms with E-state index in [1.54, 1.807) is 0 Å². The number of anilines is 1. The Morgan fingerprint density at radius 1 is 1.46 bits per heavy atom. The average molecular weight is 341 g/mol. The maximum Gasteiger partial charge on any atom is 0.258 e. The first-order chi connectivity index (χ1) is 11.5. The molecule has 3 aromatic rings. The minimum Gasteiger partial charge on any atom is -0.365 e. The Balaban J connectivity index is 1.60. The van der Waals surface area contributed by atoms with Crippen molar-refractivity contribution in [1.82, 2.24) is 9.97 Å². The molecule has 0 spiro atoms. The highest BCUT2D eigenvalue weighted by Crippen LogP contribution is 2.32. The predicted octanol–water partition coefficient (Wildman–Crippen LogP) is 4.11. The number of nitrogens with zero attached hydrogens (tertiary/aromatic N) is 1. The quantitative estimate of drug-likeness (QED) is 0.753. The van der Waals surface area contributed by atoms with E-state index in [4.69, 9.17) is 4.74 Å². The zero-order valence-electron chi connectivity index (χ0n) is 13.7. The van der Waals surface area contributed by atoms with Gasteiger partial charge in [-0.25, -0.2) is 4.98 Å². The first-order valence-electron chi connectivity index (χ1n) is 8.04. The molecule has 1 fully saturated rings. The van der Waals surface area contributed by atoms with Crippen LogP contribution < -0.4 is 5.32 Å². The van der Waals surface area contributed by atoms with Crippen molar-refractivity contribution in [3.63, 3.8) is 0 Å². The molecule has 1 aliphatic heterocycles. The number of carbonyl (C=O) groups is 1. The summed E-state index contributed by atoms with van der Waals surface area (Å²) in [7, 11) is 0. The largest absolute Gasteiger partial charge is 0.365 e. The van der Waals surface area contributed by atoms with Gasteiger partial charge >= 0.3 is 0 Å². The number of nitrogens with one attached hydrogen (secondary N) is 2. The van der Waals surface area contributed by atoms with Gasteiger partial charge in [-0.2, -0.15) is 0 Å². The van der Waals surface area contributed by atoms with Crippen LogP contribution in [0.3, 0.4) is 0 Å². The number of hydrogen-bond donors (Lipinski definition) is 2. The van der Waals surface area contributed by atoms with Crippen LogP contribution in [0.5, 0.6) is 0 Å². The molecule has 0 aliphatic carbocycles. The average Bonchev–Trinajstić information content (AvgIpc) is 3.27. The topological polar surface area (TPSA) is 67.0 Å². The number of amides is 1. The second-order valence-electron chi connectivity index (χ2n) is 6.43. The SMILES string of the molecule is Cc1ccc2[nH]cc(-c3csc(NC(=O)[C@]4(C)CCCO4)n3)c2c1. The summed E-state index contributed by atoms with van der Waals surface area (Å²) < 4.78 is 5.58. The van der Waals surface area contributed by atoms with Gasteiger partial charge in [-0.3, -0.25) is 10.1 Å². The van der Waals surface area contributed by atoms with Crippen LogP contribution >= 0.6 is 11.3 Å². The second-order valence-corrected chi connectivity index (χ2v) is 7.28. The van der Waals surface area contributed by atoms with E-state index in [1.165, 1.54) is 16.9 Å². The van der Waals surface area contributed by atoms with Gasteiger partial charge in [-0.1, -0.05) is 11.6 Å². The number of benzene rings is 1. The van der Waals surface area contributed by atoms with Crippen LogP contribution in [0.4, 0.5) is 5.13 Å². The molecule has 24 heavy (non-hydrogen) atoms. The predicted molar refractivity (Wildman–Crippen MR) is 96.4 cm³/mol. The molecule has 4 rings (SSSR count). The Morgan fingerprint density at radius 2 is 2.33 bits per heavy atom. The third-order valence-corrected chi connectivity index (χ3v) is 5.29. The molecule has 1 saturated heterocycles. The lowest BCUT2D eigenvalue weighted by atomic mass is 10.0. The second kappa shape index (κ2) is 5.72. The summed E-state index contributed by atoms with van der Waals surface area (Å²) >= 11 is 1.43. The van der Waals surface area contributed by atoms with Gasteiger partial charge in [0.15, 0.2) is 5.13 Å². The number of rotatable bonds is 3. The van der Waals surface area contributed by atoms with Crippen molar-refractivity contribution < 1.29 is 9.53 Å². The Morgan fingerprint density at radius 3 is 3.12 bits per heavy atom. The Hall–Kier alpha value is -2.18. The molecular formula is C18H19N3O2S. The molecule has 1 amide bonds. The number of carbonyl (C=O) groups excluding carboxylic acids is 1. The summed E-state index contributed by atoms with van der Waals surface area (Å²) in [4.78, 5) is 20.3. The number of ether oxygens (including phenoxy) is 1. The van der Waals surface area contributed by atoms with Crippen molar-refractivity contribution in [2.24, 2.45) is 0 Å². The highest BCUT2D eigenvalue weighted by Gasteiger charge is 2.38.